The van der Waals surface area contributed by atoms with E-state index in [2.05, 4.69) is 15.3 Å². The molecule has 4 N–H and O–H groups in total. The molecule has 4 rings (SSSR count). The number of aromatic hydroxyl groups is 1. The van der Waals surface area contributed by atoms with Crippen molar-refractivity contribution in [2.45, 2.75) is 19.0 Å². The van der Waals surface area contributed by atoms with Crippen LogP contribution in [0.4, 0.5) is 0 Å². The third-order valence-electron chi connectivity index (χ3n) is 4.87. The first-order valence-corrected chi connectivity index (χ1v) is 8.49. The van der Waals surface area contributed by atoms with E-state index in [0.717, 1.165) is 33.1 Å². The van der Waals surface area contributed by atoms with E-state index in [1.807, 2.05) is 24.3 Å². The number of hydrogen-bond donors (Lipinski definition) is 4. The molecule has 2 aromatic heterocycles. The lowest BCUT2D eigenvalue weighted by Crippen LogP contribution is -2.39. The second kappa shape index (κ2) is 6.47. The number of H-pyrrole nitrogens is 2. The molecule has 0 bridgehead atoms. The number of para-hydroxylation sites is 1. The van der Waals surface area contributed by atoms with Crippen molar-refractivity contribution in [2.24, 2.45) is 0 Å². The molecular formula is C18H20N4O4. The minimum Gasteiger partial charge on any atom is -0.494 e. The molecule has 0 spiro atoms. The van der Waals surface area contributed by atoms with Gasteiger partial charge in [-0.2, -0.15) is 0 Å². The number of nitrogens with one attached hydrogen (secondary N) is 3. The predicted molar refractivity (Wildman–Crippen MR) is 96.7 cm³/mol. The number of rotatable bonds is 4. The molecule has 0 aliphatic carbocycles. The molecule has 1 aliphatic heterocycles. The molecule has 26 heavy (non-hydrogen) atoms. The summed E-state index contributed by atoms with van der Waals surface area (Å²) in [4.78, 5) is 30.2. The fraction of sp³-hybridized carbons (Fsp3) is 0.333. The normalized spacial score (nSPS) is 16.7. The SMILES string of the molecule is COCCn1c(O)c([C@H]2NCCc3c2[nH]c2ccccc32)c(=O)[nH]c1=O. The molecule has 0 saturated heterocycles. The van der Waals surface area contributed by atoms with Crippen LogP contribution in [0.1, 0.15) is 22.9 Å². The van der Waals surface area contributed by atoms with Crippen LogP contribution in [-0.2, 0) is 17.7 Å². The van der Waals surface area contributed by atoms with Gasteiger partial charge in [0.15, 0.2) is 0 Å². The maximum atomic E-state index is 12.5. The Morgan fingerprint density at radius 1 is 1.27 bits per heavy atom. The monoisotopic (exact) mass is 356 g/mol. The molecule has 0 saturated carbocycles. The van der Waals surface area contributed by atoms with Gasteiger partial charge in [-0.25, -0.2) is 4.79 Å². The van der Waals surface area contributed by atoms with Crippen LogP contribution in [0.2, 0.25) is 0 Å². The topological polar surface area (TPSA) is 112 Å². The number of methoxy groups -OCH3 is 1. The number of ether oxygens (including phenoxy) is 1. The highest BCUT2D eigenvalue weighted by molar-refractivity contribution is 5.85. The lowest BCUT2D eigenvalue weighted by Gasteiger charge is -2.25. The summed E-state index contributed by atoms with van der Waals surface area (Å²) in [7, 11) is 1.51. The van der Waals surface area contributed by atoms with Gasteiger partial charge < -0.3 is 20.1 Å². The molecule has 1 aromatic carbocycles. The number of benzene rings is 1. The van der Waals surface area contributed by atoms with Crippen molar-refractivity contribution in [3.8, 4) is 5.88 Å². The summed E-state index contributed by atoms with van der Waals surface area (Å²) in [6.45, 7) is 1.06. The molecule has 8 heteroatoms. The van der Waals surface area contributed by atoms with Gasteiger partial charge in [-0.15, -0.1) is 0 Å². The maximum Gasteiger partial charge on any atom is 0.331 e. The molecule has 1 aliphatic rings. The van der Waals surface area contributed by atoms with E-state index in [9.17, 15) is 14.7 Å². The first-order chi connectivity index (χ1) is 12.6. The molecule has 0 radical (unpaired) electrons. The number of aromatic amines is 2. The van der Waals surface area contributed by atoms with Gasteiger partial charge in [-0.3, -0.25) is 14.3 Å². The van der Waals surface area contributed by atoms with Crippen LogP contribution in [0.15, 0.2) is 33.9 Å². The first kappa shape index (κ1) is 16.6. The van der Waals surface area contributed by atoms with E-state index < -0.39 is 17.3 Å². The van der Waals surface area contributed by atoms with E-state index >= 15 is 0 Å². The zero-order chi connectivity index (χ0) is 18.3. The van der Waals surface area contributed by atoms with Crippen LogP contribution in [0.3, 0.4) is 0 Å². The van der Waals surface area contributed by atoms with Gasteiger partial charge in [0.05, 0.1) is 19.2 Å². The Bertz CT molecular complexity index is 1080. The van der Waals surface area contributed by atoms with Gasteiger partial charge in [0.25, 0.3) is 5.56 Å². The fourth-order valence-electron chi connectivity index (χ4n) is 3.65. The second-order valence-electron chi connectivity index (χ2n) is 6.34. The third kappa shape index (κ3) is 2.54. The zero-order valence-electron chi connectivity index (χ0n) is 14.3. The molecule has 0 fully saturated rings. The standard InChI is InChI=1S/C18H20N4O4/c1-26-9-8-22-17(24)13(16(23)21-18(22)25)15-14-11(6-7-19-15)10-4-2-3-5-12(10)20-14/h2-5,15,19-20,24H,6-9H2,1H3,(H,21,23,25)/t15-/m1/s1. The highest BCUT2D eigenvalue weighted by Gasteiger charge is 2.30. The summed E-state index contributed by atoms with van der Waals surface area (Å²) >= 11 is 0. The summed E-state index contributed by atoms with van der Waals surface area (Å²) in [5.74, 6) is -0.334. The lowest BCUT2D eigenvalue weighted by atomic mass is 9.95. The van der Waals surface area contributed by atoms with E-state index in [1.54, 1.807) is 0 Å². The van der Waals surface area contributed by atoms with E-state index in [4.69, 9.17) is 4.74 Å². The van der Waals surface area contributed by atoms with Crippen molar-refractivity contribution < 1.29 is 9.84 Å². The molecule has 3 heterocycles. The van der Waals surface area contributed by atoms with Crippen LogP contribution >= 0.6 is 0 Å². The summed E-state index contributed by atoms with van der Waals surface area (Å²) in [5.41, 5.74) is 1.84. The number of nitrogens with zero attached hydrogens (tertiary/aromatic N) is 1. The van der Waals surface area contributed by atoms with Gasteiger partial charge in [0, 0.05) is 30.3 Å². The highest BCUT2D eigenvalue weighted by atomic mass is 16.5. The summed E-state index contributed by atoms with van der Waals surface area (Å²) in [6.07, 6.45) is 0.817. The zero-order valence-corrected chi connectivity index (χ0v) is 14.3. The average molecular weight is 356 g/mol. The number of aromatic nitrogens is 3. The van der Waals surface area contributed by atoms with Crippen molar-refractivity contribution in [3.63, 3.8) is 0 Å². The minimum atomic E-state index is -0.652. The van der Waals surface area contributed by atoms with Gasteiger partial charge in [0.2, 0.25) is 5.88 Å². The molecule has 1 atom stereocenters. The summed E-state index contributed by atoms with van der Waals surface area (Å²) < 4.78 is 6.11. The largest absolute Gasteiger partial charge is 0.494 e. The van der Waals surface area contributed by atoms with Crippen LogP contribution in [-0.4, -0.2) is 39.9 Å². The van der Waals surface area contributed by atoms with Crippen molar-refractivity contribution in [3.05, 3.63) is 61.9 Å². The van der Waals surface area contributed by atoms with Gasteiger partial charge >= 0.3 is 5.69 Å². The molecule has 3 aromatic rings. The summed E-state index contributed by atoms with van der Waals surface area (Å²) in [5, 5.41) is 15.1. The van der Waals surface area contributed by atoms with Crippen LogP contribution in [0, 0.1) is 0 Å². The van der Waals surface area contributed by atoms with Crippen LogP contribution < -0.4 is 16.6 Å². The van der Waals surface area contributed by atoms with Crippen molar-refractivity contribution >= 4 is 10.9 Å². The van der Waals surface area contributed by atoms with Crippen molar-refractivity contribution in [1.29, 1.82) is 0 Å². The minimum absolute atomic E-state index is 0.133. The van der Waals surface area contributed by atoms with Crippen molar-refractivity contribution in [1.82, 2.24) is 19.9 Å². The average Bonchev–Trinajstić information content (AvgIpc) is 3.01. The summed E-state index contributed by atoms with van der Waals surface area (Å²) in [6, 6.07) is 7.42. The number of hydrogen-bond acceptors (Lipinski definition) is 5. The van der Waals surface area contributed by atoms with Crippen molar-refractivity contribution in [2.75, 3.05) is 20.3 Å². The molecule has 0 unspecified atom stereocenters. The Kier molecular flexibility index (Phi) is 4.14. The predicted octanol–water partition coefficient (Wildman–Crippen LogP) is 0.605. The quantitative estimate of drug-likeness (QED) is 0.547. The molecular weight excluding hydrogens is 336 g/mol. The Hall–Kier alpha value is -2.84. The molecule has 8 nitrogen and oxygen atoms in total. The van der Waals surface area contributed by atoms with E-state index in [1.165, 1.54) is 7.11 Å². The highest BCUT2D eigenvalue weighted by Crippen LogP contribution is 2.34. The smallest absolute Gasteiger partial charge is 0.331 e. The third-order valence-corrected chi connectivity index (χ3v) is 4.87. The second-order valence-corrected chi connectivity index (χ2v) is 6.34. The fourth-order valence-corrected chi connectivity index (χ4v) is 3.65. The van der Waals surface area contributed by atoms with Gasteiger partial charge in [-0.1, -0.05) is 18.2 Å². The van der Waals surface area contributed by atoms with Gasteiger partial charge in [-0.05, 0) is 18.1 Å². The lowest BCUT2D eigenvalue weighted by molar-refractivity contribution is 0.181. The first-order valence-electron chi connectivity index (χ1n) is 8.49. The molecule has 0 amide bonds. The van der Waals surface area contributed by atoms with E-state index in [-0.39, 0.29) is 24.6 Å². The molecule has 136 valence electrons. The van der Waals surface area contributed by atoms with Crippen LogP contribution in [0.5, 0.6) is 5.88 Å². The Morgan fingerprint density at radius 3 is 2.88 bits per heavy atom. The maximum absolute atomic E-state index is 12.5. The Balaban J connectivity index is 1.90. The van der Waals surface area contributed by atoms with E-state index in [0.29, 0.717) is 6.54 Å². The Morgan fingerprint density at radius 2 is 2.08 bits per heavy atom. The van der Waals surface area contributed by atoms with Gasteiger partial charge in [0.1, 0.15) is 5.56 Å². The van der Waals surface area contributed by atoms with Crippen LogP contribution in [0.25, 0.3) is 10.9 Å². The number of fused-ring (bicyclic) bond motifs is 3. The Labute approximate surface area is 148 Å².